The molecule has 0 bridgehead atoms. The second kappa shape index (κ2) is 16.2. The Morgan fingerprint density at radius 2 is 1.51 bits per heavy atom. The third kappa shape index (κ3) is 12.5. The summed E-state index contributed by atoms with van der Waals surface area (Å²) in [6.45, 7) is 3.01. The minimum atomic E-state index is -1.42. The number of carboxylic acid groups (broad SMARTS) is 1. The summed E-state index contributed by atoms with van der Waals surface area (Å²) in [4.78, 5) is 64.4. The first-order valence-electron chi connectivity index (χ1n) is 11.2. The van der Waals surface area contributed by atoms with Gasteiger partial charge in [-0.05, 0) is 25.2 Å². The van der Waals surface area contributed by atoms with Gasteiger partial charge in [-0.25, -0.2) is 4.79 Å². The highest BCUT2D eigenvalue weighted by Crippen LogP contribution is 2.10. The summed E-state index contributed by atoms with van der Waals surface area (Å²) in [6.07, 6.45) is 0.267. The molecule has 0 aromatic heterocycles. The molecule has 5 atom stereocenters. The summed E-state index contributed by atoms with van der Waals surface area (Å²) >= 11 is 0. The van der Waals surface area contributed by atoms with Crippen LogP contribution in [0.3, 0.4) is 0 Å². The molecule has 0 aromatic carbocycles. The molecule has 200 valence electrons. The summed E-state index contributed by atoms with van der Waals surface area (Å²) in [5.74, 6) is -4.91. The Bertz CT molecular complexity index is 773. The monoisotopic (exact) mass is 502 g/mol. The molecule has 4 amide bonds. The van der Waals surface area contributed by atoms with Gasteiger partial charge >= 0.3 is 5.97 Å². The Morgan fingerprint density at radius 1 is 0.914 bits per heavy atom. The molecule has 15 heteroatoms. The van der Waals surface area contributed by atoms with Crippen LogP contribution in [0.15, 0.2) is 4.99 Å². The van der Waals surface area contributed by atoms with Crippen LogP contribution >= 0.6 is 0 Å². The standard InChI is InChI=1S/C20H38N8O7/c1-3-10(2)15(28-16(31)11(21)9-29)18(33)26-12(5-4-8-25-20(23)24)17(32)27-13(19(34)35)6-7-14(22)30/h10-13,15,29H,3-9,21H2,1-2H3,(H2,22,30)(H,26,33)(H,27,32)(H,28,31)(H,34,35)(H4,23,24,25). The number of nitrogens with one attached hydrogen (secondary N) is 3. The minimum absolute atomic E-state index is 0.0356. The van der Waals surface area contributed by atoms with Gasteiger partial charge in [0.05, 0.1) is 6.61 Å². The number of nitrogens with zero attached hydrogens (tertiary/aromatic N) is 1. The average Bonchev–Trinajstić information content (AvgIpc) is 2.79. The van der Waals surface area contributed by atoms with Gasteiger partial charge in [0.25, 0.3) is 0 Å². The van der Waals surface area contributed by atoms with Crippen molar-refractivity contribution >= 4 is 35.6 Å². The Labute approximate surface area is 203 Å². The van der Waals surface area contributed by atoms with E-state index in [4.69, 9.17) is 28.0 Å². The smallest absolute Gasteiger partial charge is 0.326 e. The Hall–Kier alpha value is -3.46. The summed E-state index contributed by atoms with van der Waals surface area (Å²) in [5, 5.41) is 25.7. The topological polar surface area (TPSA) is 278 Å². The molecule has 5 unspecified atom stereocenters. The van der Waals surface area contributed by atoms with Gasteiger partial charge < -0.3 is 49.1 Å². The van der Waals surface area contributed by atoms with Crippen LogP contribution in [0.25, 0.3) is 0 Å². The van der Waals surface area contributed by atoms with Gasteiger partial charge in [-0.2, -0.15) is 0 Å². The quantitative estimate of drug-likeness (QED) is 0.0531. The first-order valence-corrected chi connectivity index (χ1v) is 11.2. The van der Waals surface area contributed by atoms with Crippen LogP contribution < -0.4 is 38.9 Å². The fourth-order valence-corrected chi connectivity index (χ4v) is 2.90. The molecule has 0 fully saturated rings. The number of guanidine groups is 1. The first-order chi connectivity index (χ1) is 16.3. The van der Waals surface area contributed by atoms with Crippen LogP contribution in [-0.4, -0.2) is 83.1 Å². The SMILES string of the molecule is CCC(C)C(NC(=O)C(N)CO)C(=O)NC(CCCN=C(N)N)C(=O)NC(CCC(N)=O)C(=O)O. The zero-order valence-corrected chi connectivity index (χ0v) is 20.0. The van der Waals surface area contributed by atoms with Gasteiger partial charge in [0.15, 0.2) is 5.96 Å². The van der Waals surface area contributed by atoms with Crippen LogP contribution in [0.2, 0.25) is 0 Å². The number of primary amides is 1. The Morgan fingerprint density at radius 3 is 2.00 bits per heavy atom. The van der Waals surface area contributed by atoms with Crippen molar-refractivity contribution in [2.45, 2.75) is 70.1 Å². The number of carbonyl (C=O) groups excluding carboxylic acids is 4. The Kier molecular flexibility index (Phi) is 14.6. The van der Waals surface area contributed by atoms with Crippen molar-refractivity contribution in [3.05, 3.63) is 0 Å². The Balaban J connectivity index is 5.65. The van der Waals surface area contributed by atoms with E-state index in [1.165, 1.54) is 0 Å². The zero-order chi connectivity index (χ0) is 27.1. The summed E-state index contributed by atoms with van der Waals surface area (Å²) in [5.41, 5.74) is 21.1. The highest BCUT2D eigenvalue weighted by Gasteiger charge is 2.32. The van der Waals surface area contributed by atoms with E-state index in [-0.39, 0.29) is 44.1 Å². The van der Waals surface area contributed by atoms with E-state index in [1.54, 1.807) is 13.8 Å². The van der Waals surface area contributed by atoms with Crippen molar-refractivity contribution in [2.75, 3.05) is 13.2 Å². The minimum Gasteiger partial charge on any atom is -0.480 e. The number of aliphatic hydroxyl groups excluding tert-OH is 1. The van der Waals surface area contributed by atoms with Crippen LogP contribution in [0.5, 0.6) is 0 Å². The van der Waals surface area contributed by atoms with Crippen molar-refractivity contribution in [2.24, 2.45) is 33.8 Å². The lowest BCUT2D eigenvalue weighted by molar-refractivity contribution is -0.142. The van der Waals surface area contributed by atoms with Crippen molar-refractivity contribution in [1.29, 1.82) is 0 Å². The molecule has 0 aliphatic rings. The summed E-state index contributed by atoms with van der Waals surface area (Å²) < 4.78 is 0. The van der Waals surface area contributed by atoms with E-state index < -0.39 is 60.4 Å². The van der Waals surface area contributed by atoms with E-state index in [1.807, 2.05) is 0 Å². The molecule has 0 spiro atoms. The lowest BCUT2D eigenvalue weighted by Gasteiger charge is -2.27. The molecule has 0 saturated heterocycles. The second-order valence-corrected chi connectivity index (χ2v) is 8.08. The maximum Gasteiger partial charge on any atom is 0.326 e. The third-order valence-corrected chi connectivity index (χ3v) is 5.20. The number of aliphatic hydroxyl groups is 1. The van der Waals surface area contributed by atoms with Crippen LogP contribution in [-0.2, 0) is 24.0 Å². The van der Waals surface area contributed by atoms with Crippen LogP contribution in [0, 0.1) is 5.92 Å². The molecule has 0 saturated carbocycles. The van der Waals surface area contributed by atoms with Crippen LogP contribution in [0.4, 0.5) is 0 Å². The van der Waals surface area contributed by atoms with E-state index in [2.05, 4.69) is 20.9 Å². The number of rotatable bonds is 17. The van der Waals surface area contributed by atoms with Crippen molar-refractivity contribution in [1.82, 2.24) is 16.0 Å². The van der Waals surface area contributed by atoms with Gasteiger partial charge in [0, 0.05) is 13.0 Å². The summed E-state index contributed by atoms with van der Waals surface area (Å²) in [7, 11) is 0. The molecular formula is C20H38N8O7. The number of carboxylic acids is 1. The first kappa shape index (κ1) is 31.5. The number of hydrogen-bond acceptors (Lipinski definition) is 8. The average molecular weight is 503 g/mol. The normalized spacial score (nSPS) is 15.0. The van der Waals surface area contributed by atoms with Crippen molar-refractivity contribution in [3.8, 4) is 0 Å². The molecule has 15 nitrogen and oxygen atoms in total. The van der Waals surface area contributed by atoms with Crippen LogP contribution in [0.1, 0.15) is 46.0 Å². The number of amides is 4. The van der Waals surface area contributed by atoms with E-state index in [0.717, 1.165) is 0 Å². The summed E-state index contributed by atoms with van der Waals surface area (Å²) in [6, 6.07) is -4.94. The van der Waals surface area contributed by atoms with Crippen molar-refractivity contribution < 1.29 is 34.2 Å². The van der Waals surface area contributed by atoms with Crippen molar-refractivity contribution in [3.63, 3.8) is 0 Å². The maximum absolute atomic E-state index is 13.0. The zero-order valence-electron chi connectivity index (χ0n) is 20.0. The van der Waals surface area contributed by atoms with Gasteiger partial charge in [-0.1, -0.05) is 20.3 Å². The molecule has 0 aliphatic carbocycles. The number of carbonyl (C=O) groups is 5. The van der Waals surface area contributed by atoms with E-state index >= 15 is 0 Å². The fraction of sp³-hybridized carbons (Fsp3) is 0.700. The fourth-order valence-electron chi connectivity index (χ4n) is 2.90. The van der Waals surface area contributed by atoms with E-state index in [9.17, 15) is 29.1 Å². The number of aliphatic carboxylic acids is 1. The highest BCUT2D eigenvalue weighted by atomic mass is 16.4. The lowest BCUT2D eigenvalue weighted by Crippen LogP contribution is -2.59. The highest BCUT2D eigenvalue weighted by molar-refractivity contribution is 5.94. The van der Waals surface area contributed by atoms with Gasteiger partial charge in [-0.3, -0.25) is 24.2 Å². The number of nitrogens with two attached hydrogens (primary N) is 4. The number of aliphatic imine (C=N–C) groups is 1. The molecule has 0 heterocycles. The molecule has 0 rings (SSSR count). The largest absolute Gasteiger partial charge is 0.480 e. The van der Waals surface area contributed by atoms with Gasteiger partial charge in [0.2, 0.25) is 23.6 Å². The molecular weight excluding hydrogens is 464 g/mol. The molecule has 0 aliphatic heterocycles. The molecule has 0 aromatic rings. The second-order valence-electron chi connectivity index (χ2n) is 8.08. The maximum atomic E-state index is 13.0. The van der Waals surface area contributed by atoms with Gasteiger partial charge in [0.1, 0.15) is 24.2 Å². The lowest BCUT2D eigenvalue weighted by atomic mass is 9.97. The molecule has 0 radical (unpaired) electrons. The van der Waals surface area contributed by atoms with Gasteiger partial charge in [-0.15, -0.1) is 0 Å². The molecule has 13 N–H and O–H groups in total. The number of hydrogen-bond donors (Lipinski definition) is 9. The molecule has 35 heavy (non-hydrogen) atoms. The predicted molar refractivity (Wildman–Crippen MR) is 126 cm³/mol. The third-order valence-electron chi connectivity index (χ3n) is 5.20. The predicted octanol–water partition coefficient (Wildman–Crippen LogP) is -3.79. The van der Waals surface area contributed by atoms with E-state index in [0.29, 0.717) is 6.42 Å².